The quantitative estimate of drug-likeness (QED) is 0.760. The Kier molecular flexibility index (Phi) is 3.79. The Morgan fingerprint density at radius 3 is 2.37 bits per heavy atom. The van der Waals surface area contributed by atoms with Gasteiger partial charge in [-0.2, -0.15) is 0 Å². The first-order valence-corrected chi connectivity index (χ1v) is 6.33. The molecular weight excluding hydrogens is 239 g/mol. The number of carbonyl (C=O) groups excluding carboxylic acids is 1. The van der Waals surface area contributed by atoms with Crippen LogP contribution in [0.15, 0.2) is 48.5 Å². The van der Waals surface area contributed by atoms with Crippen LogP contribution in [0.4, 0.5) is 4.39 Å². The Morgan fingerprint density at radius 1 is 1.11 bits per heavy atom. The summed E-state index contributed by atoms with van der Waals surface area (Å²) < 4.78 is 13.9. The average molecular weight is 256 g/mol. The lowest BCUT2D eigenvalue weighted by atomic mass is 9.77. The molecule has 0 aliphatic rings. The first-order valence-electron chi connectivity index (χ1n) is 6.33. The number of benzene rings is 2. The van der Waals surface area contributed by atoms with Gasteiger partial charge in [-0.1, -0.05) is 42.5 Å². The molecule has 0 bridgehead atoms. The van der Waals surface area contributed by atoms with Gasteiger partial charge in [0, 0.05) is 5.56 Å². The van der Waals surface area contributed by atoms with Crippen LogP contribution in [0.3, 0.4) is 0 Å². The predicted molar refractivity (Wildman–Crippen MR) is 74.7 cm³/mol. The summed E-state index contributed by atoms with van der Waals surface area (Å²) in [6.45, 7) is 3.78. The molecule has 0 N–H and O–H groups in total. The molecule has 0 fully saturated rings. The lowest BCUT2D eigenvalue weighted by Crippen LogP contribution is -2.28. The minimum absolute atomic E-state index is 0.328. The highest BCUT2D eigenvalue weighted by Gasteiger charge is 2.29. The third kappa shape index (κ3) is 2.73. The molecule has 1 nitrogen and oxygen atoms in total. The lowest BCUT2D eigenvalue weighted by molar-refractivity contribution is -0.112. The van der Waals surface area contributed by atoms with E-state index in [0.29, 0.717) is 12.0 Å². The van der Waals surface area contributed by atoms with Crippen LogP contribution in [0.2, 0.25) is 0 Å². The van der Waals surface area contributed by atoms with Crippen molar-refractivity contribution in [2.45, 2.75) is 25.7 Å². The smallest absolute Gasteiger partial charge is 0.130 e. The molecule has 0 heterocycles. The summed E-state index contributed by atoms with van der Waals surface area (Å²) in [5.41, 5.74) is 1.80. The molecular formula is C17H17FO. The Morgan fingerprint density at radius 2 is 1.74 bits per heavy atom. The molecule has 2 aromatic rings. The van der Waals surface area contributed by atoms with Gasteiger partial charge in [-0.15, -0.1) is 0 Å². The average Bonchev–Trinajstić information content (AvgIpc) is 2.42. The van der Waals surface area contributed by atoms with E-state index in [9.17, 15) is 9.18 Å². The van der Waals surface area contributed by atoms with Gasteiger partial charge < -0.3 is 4.79 Å². The van der Waals surface area contributed by atoms with Gasteiger partial charge in [0.1, 0.15) is 12.1 Å². The Bertz CT molecular complexity index is 591. The van der Waals surface area contributed by atoms with Crippen molar-refractivity contribution in [2.24, 2.45) is 0 Å². The highest BCUT2D eigenvalue weighted by atomic mass is 19.1. The monoisotopic (exact) mass is 256 g/mol. The van der Waals surface area contributed by atoms with E-state index in [1.807, 2.05) is 31.2 Å². The molecule has 0 amide bonds. The number of carbonyl (C=O) groups is 1. The Labute approximate surface area is 113 Å². The maximum Gasteiger partial charge on any atom is 0.130 e. The van der Waals surface area contributed by atoms with Crippen LogP contribution in [0, 0.1) is 12.7 Å². The summed E-state index contributed by atoms with van der Waals surface area (Å²) in [6, 6.07) is 14.4. The van der Waals surface area contributed by atoms with Crippen LogP contribution < -0.4 is 0 Å². The third-order valence-corrected chi connectivity index (χ3v) is 3.57. The number of halogens is 1. The zero-order chi connectivity index (χ0) is 13.9. The Balaban J connectivity index is 2.42. The summed E-state index contributed by atoms with van der Waals surface area (Å²) in [7, 11) is 0. The molecule has 0 saturated heterocycles. The van der Waals surface area contributed by atoms with E-state index >= 15 is 0 Å². The van der Waals surface area contributed by atoms with Crippen molar-refractivity contribution in [3.63, 3.8) is 0 Å². The van der Waals surface area contributed by atoms with Gasteiger partial charge in [-0.25, -0.2) is 4.39 Å². The number of aryl methyl sites for hydroxylation is 1. The molecule has 0 aliphatic carbocycles. The van der Waals surface area contributed by atoms with Crippen molar-refractivity contribution >= 4 is 6.29 Å². The van der Waals surface area contributed by atoms with Crippen LogP contribution >= 0.6 is 0 Å². The van der Waals surface area contributed by atoms with E-state index in [0.717, 1.165) is 17.4 Å². The van der Waals surface area contributed by atoms with E-state index in [2.05, 4.69) is 0 Å². The van der Waals surface area contributed by atoms with Crippen LogP contribution in [0.25, 0.3) is 0 Å². The standard InChI is InChI=1S/C17H17FO/c1-13-7-3-4-8-14(13)11-17(2,12-19)15-9-5-6-10-16(15)18/h3-10,12H,11H2,1-2H3. The second kappa shape index (κ2) is 5.35. The summed E-state index contributed by atoms with van der Waals surface area (Å²) in [6.07, 6.45) is 1.35. The highest BCUT2D eigenvalue weighted by molar-refractivity contribution is 5.69. The van der Waals surface area contributed by atoms with Crippen molar-refractivity contribution in [3.05, 3.63) is 71.0 Å². The second-order valence-corrected chi connectivity index (χ2v) is 5.12. The minimum Gasteiger partial charge on any atom is -0.302 e. The van der Waals surface area contributed by atoms with Crippen LogP contribution in [-0.2, 0) is 16.6 Å². The zero-order valence-electron chi connectivity index (χ0n) is 11.2. The number of hydrogen-bond acceptors (Lipinski definition) is 1. The fourth-order valence-electron chi connectivity index (χ4n) is 2.33. The maximum atomic E-state index is 13.9. The minimum atomic E-state index is -0.836. The molecule has 1 unspecified atom stereocenters. The van der Waals surface area contributed by atoms with E-state index in [4.69, 9.17) is 0 Å². The van der Waals surface area contributed by atoms with Crippen molar-refractivity contribution < 1.29 is 9.18 Å². The largest absolute Gasteiger partial charge is 0.302 e. The summed E-state index contributed by atoms with van der Waals surface area (Å²) in [4.78, 5) is 11.5. The van der Waals surface area contributed by atoms with E-state index in [1.54, 1.807) is 25.1 Å². The number of hydrogen-bond donors (Lipinski definition) is 0. The molecule has 0 aliphatic heterocycles. The van der Waals surface area contributed by atoms with E-state index in [-0.39, 0.29) is 5.82 Å². The summed E-state index contributed by atoms with van der Waals surface area (Å²) in [5, 5.41) is 0. The predicted octanol–water partition coefficient (Wildman–Crippen LogP) is 3.83. The topological polar surface area (TPSA) is 17.1 Å². The van der Waals surface area contributed by atoms with Crippen molar-refractivity contribution in [3.8, 4) is 0 Å². The van der Waals surface area contributed by atoms with E-state index < -0.39 is 5.41 Å². The summed E-state index contributed by atoms with van der Waals surface area (Å²) >= 11 is 0. The van der Waals surface area contributed by atoms with E-state index in [1.165, 1.54) is 6.07 Å². The van der Waals surface area contributed by atoms with Gasteiger partial charge in [0.2, 0.25) is 0 Å². The third-order valence-electron chi connectivity index (χ3n) is 3.57. The fourth-order valence-corrected chi connectivity index (χ4v) is 2.33. The second-order valence-electron chi connectivity index (χ2n) is 5.12. The van der Waals surface area contributed by atoms with Crippen molar-refractivity contribution in [2.75, 3.05) is 0 Å². The molecule has 0 radical (unpaired) electrons. The first-order chi connectivity index (χ1) is 9.07. The van der Waals surface area contributed by atoms with Crippen LogP contribution in [-0.4, -0.2) is 6.29 Å². The number of aldehydes is 1. The molecule has 2 aromatic carbocycles. The van der Waals surface area contributed by atoms with Crippen molar-refractivity contribution in [1.29, 1.82) is 0 Å². The molecule has 1 atom stereocenters. The molecule has 98 valence electrons. The maximum absolute atomic E-state index is 13.9. The van der Waals surface area contributed by atoms with Gasteiger partial charge in [0.05, 0.1) is 5.41 Å². The van der Waals surface area contributed by atoms with Crippen LogP contribution in [0.1, 0.15) is 23.6 Å². The van der Waals surface area contributed by atoms with Crippen molar-refractivity contribution in [1.82, 2.24) is 0 Å². The lowest BCUT2D eigenvalue weighted by Gasteiger charge is -2.25. The van der Waals surface area contributed by atoms with Gasteiger partial charge in [0.15, 0.2) is 0 Å². The number of rotatable bonds is 4. The fraction of sp³-hybridized carbons (Fsp3) is 0.235. The highest BCUT2D eigenvalue weighted by Crippen LogP contribution is 2.29. The zero-order valence-corrected chi connectivity index (χ0v) is 11.2. The van der Waals surface area contributed by atoms with Gasteiger partial charge in [-0.05, 0) is 37.5 Å². The molecule has 19 heavy (non-hydrogen) atoms. The Hall–Kier alpha value is -1.96. The molecule has 0 saturated carbocycles. The first kappa shape index (κ1) is 13.5. The normalized spacial score (nSPS) is 13.8. The summed E-state index contributed by atoms with van der Waals surface area (Å²) in [5.74, 6) is -0.328. The molecule has 2 rings (SSSR count). The molecule has 2 heteroatoms. The van der Waals surface area contributed by atoms with Gasteiger partial charge in [-0.3, -0.25) is 0 Å². The van der Waals surface area contributed by atoms with Crippen LogP contribution in [0.5, 0.6) is 0 Å². The van der Waals surface area contributed by atoms with Gasteiger partial charge in [0.25, 0.3) is 0 Å². The van der Waals surface area contributed by atoms with Gasteiger partial charge >= 0.3 is 0 Å². The molecule has 0 spiro atoms. The SMILES string of the molecule is Cc1ccccc1CC(C)(C=O)c1ccccc1F. The molecule has 0 aromatic heterocycles.